The predicted molar refractivity (Wildman–Crippen MR) is 41.9 cm³/mol. The maximum Gasteiger partial charge on any atom is 0.0436 e. The molecule has 0 aromatic carbocycles. The largest absolute Gasteiger partial charge is 0.396 e. The number of hydrogen-bond acceptors (Lipinski definition) is 2. The monoisotopic (exact) mass is 143 g/mol. The summed E-state index contributed by atoms with van der Waals surface area (Å²) in [5.74, 6) is 0. The molecule has 2 N–H and O–H groups in total. The number of piperidine rings is 1. The van der Waals surface area contributed by atoms with E-state index in [9.17, 15) is 0 Å². The van der Waals surface area contributed by atoms with Crippen molar-refractivity contribution in [3.63, 3.8) is 0 Å². The van der Waals surface area contributed by atoms with Gasteiger partial charge >= 0.3 is 0 Å². The maximum absolute atomic E-state index is 8.76. The fraction of sp³-hybridized carbons (Fsp3) is 1.00. The Morgan fingerprint density at radius 3 is 2.90 bits per heavy atom. The van der Waals surface area contributed by atoms with Crippen LogP contribution in [0.15, 0.2) is 0 Å². The third-order valence-electron chi connectivity index (χ3n) is 2.40. The van der Waals surface area contributed by atoms with E-state index in [2.05, 4.69) is 12.2 Å². The van der Waals surface area contributed by atoms with Crippen molar-refractivity contribution < 1.29 is 5.11 Å². The minimum Gasteiger partial charge on any atom is -0.396 e. The average Bonchev–Trinajstić information content (AvgIpc) is 1.89. The van der Waals surface area contributed by atoms with E-state index >= 15 is 0 Å². The van der Waals surface area contributed by atoms with Gasteiger partial charge in [0.2, 0.25) is 0 Å². The molecule has 0 saturated carbocycles. The molecule has 1 rings (SSSR count). The first kappa shape index (κ1) is 8.02. The summed E-state index contributed by atoms with van der Waals surface area (Å²) in [4.78, 5) is 0. The number of hydrogen-bond donors (Lipinski definition) is 2. The van der Waals surface area contributed by atoms with Crippen molar-refractivity contribution in [1.82, 2.24) is 5.32 Å². The van der Waals surface area contributed by atoms with E-state index in [1.807, 2.05) is 0 Å². The molecular formula is C8H17NO. The van der Waals surface area contributed by atoms with E-state index in [0.29, 0.717) is 12.0 Å². The number of aliphatic hydroxyl groups is 1. The van der Waals surface area contributed by atoms with Crippen LogP contribution >= 0.6 is 0 Å². The van der Waals surface area contributed by atoms with Crippen LogP contribution in [0.4, 0.5) is 0 Å². The Hall–Kier alpha value is -0.0800. The minimum absolute atomic E-state index is 0.332. The van der Waals surface area contributed by atoms with Crippen LogP contribution in [0, 0.1) is 5.41 Å². The summed E-state index contributed by atoms with van der Waals surface area (Å²) in [7, 11) is 0. The summed E-state index contributed by atoms with van der Waals surface area (Å²) in [6.07, 6.45) is 3.47. The maximum atomic E-state index is 8.76. The lowest BCUT2D eigenvalue weighted by Crippen LogP contribution is -2.38. The van der Waals surface area contributed by atoms with Crippen molar-refractivity contribution in [2.24, 2.45) is 5.41 Å². The molecule has 60 valence electrons. The van der Waals surface area contributed by atoms with E-state index in [0.717, 1.165) is 19.5 Å². The Kier molecular flexibility index (Phi) is 2.69. The summed E-state index contributed by atoms with van der Waals surface area (Å²) >= 11 is 0. The predicted octanol–water partition coefficient (Wildman–Crippen LogP) is 0.759. The smallest absolute Gasteiger partial charge is 0.0436 e. The minimum atomic E-state index is 0.332. The van der Waals surface area contributed by atoms with Gasteiger partial charge in [-0.3, -0.25) is 0 Å². The first-order valence-electron chi connectivity index (χ1n) is 4.08. The van der Waals surface area contributed by atoms with Gasteiger partial charge in [0.05, 0.1) is 0 Å². The van der Waals surface area contributed by atoms with E-state index in [1.54, 1.807) is 0 Å². The van der Waals surface area contributed by atoms with Gasteiger partial charge < -0.3 is 10.4 Å². The highest BCUT2D eigenvalue weighted by atomic mass is 16.3. The summed E-state index contributed by atoms with van der Waals surface area (Å²) in [6.45, 7) is 4.81. The third-order valence-corrected chi connectivity index (χ3v) is 2.40. The molecule has 2 nitrogen and oxygen atoms in total. The van der Waals surface area contributed by atoms with Gasteiger partial charge in [0.1, 0.15) is 0 Å². The molecule has 1 aliphatic rings. The quantitative estimate of drug-likeness (QED) is 0.598. The van der Waals surface area contributed by atoms with Gasteiger partial charge in [-0.2, -0.15) is 0 Å². The topological polar surface area (TPSA) is 32.3 Å². The molecule has 1 heterocycles. The lowest BCUT2D eigenvalue weighted by molar-refractivity contribution is 0.161. The third kappa shape index (κ3) is 1.96. The van der Waals surface area contributed by atoms with Crippen LogP contribution in [-0.2, 0) is 0 Å². The van der Waals surface area contributed by atoms with Crippen LogP contribution < -0.4 is 5.32 Å². The second-order valence-electron chi connectivity index (χ2n) is 3.56. The lowest BCUT2D eigenvalue weighted by atomic mass is 9.80. The molecule has 1 atom stereocenters. The normalized spacial score (nSPS) is 34.2. The van der Waals surface area contributed by atoms with E-state index < -0.39 is 0 Å². The van der Waals surface area contributed by atoms with Crippen LogP contribution in [0.25, 0.3) is 0 Å². The van der Waals surface area contributed by atoms with Crippen LogP contribution in [0.1, 0.15) is 26.2 Å². The van der Waals surface area contributed by atoms with Crippen LogP contribution in [-0.4, -0.2) is 24.8 Å². The van der Waals surface area contributed by atoms with Crippen molar-refractivity contribution >= 4 is 0 Å². The van der Waals surface area contributed by atoms with Crippen LogP contribution in [0.5, 0.6) is 0 Å². The van der Waals surface area contributed by atoms with Crippen molar-refractivity contribution in [2.45, 2.75) is 26.2 Å². The van der Waals surface area contributed by atoms with Gasteiger partial charge in [0, 0.05) is 13.2 Å². The van der Waals surface area contributed by atoms with Gasteiger partial charge in [0.25, 0.3) is 0 Å². The highest BCUT2D eigenvalue weighted by Gasteiger charge is 2.25. The highest BCUT2D eigenvalue weighted by molar-refractivity contribution is 4.80. The van der Waals surface area contributed by atoms with Crippen molar-refractivity contribution in [1.29, 1.82) is 0 Å². The zero-order valence-corrected chi connectivity index (χ0v) is 6.69. The number of nitrogens with one attached hydrogen (secondary N) is 1. The van der Waals surface area contributed by atoms with Crippen LogP contribution in [0.2, 0.25) is 0 Å². The molecule has 10 heavy (non-hydrogen) atoms. The molecule has 1 saturated heterocycles. The summed E-state index contributed by atoms with van der Waals surface area (Å²) in [6, 6.07) is 0. The van der Waals surface area contributed by atoms with Crippen molar-refractivity contribution in [3.8, 4) is 0 Å². The Morgan fingerprint density at radius 1 is 1.60 bits per heavy atom. The molecule has 2 heteroatoms. The number of rotatable bonds is 2. The summed E-state index contributed by atoms with van der Waals surface area (Å²) in [5, 5.41) is 12.1. The molecular weight excluding hydrogens is 126 g/mol. The molecule has 0 aromatic heterocycles. The Labute approximate surface area is 62.6 Å². The molecule has 0 radical (unpaired) electrons. The lowest BCUT2D eigenvalue weighted by Gasteiger charge is -2.33. The molecule has 0 amide bonds. The molecule has 0 aromatic rings. The Morgan fingerprint density at radius 2 is 2.40 bits per heavy atom. The highest BCUT2D eigenvalue weighted by Crippen LogP contribution is 2.28. The molecule has 1 fully saturated rings. The summed E-state index contributed by atoms with van der Waals surface area (Å²) < 4.78 is 0. The van der Waals surface area contributed by atoms with Gasteiger partial charge in [-0.25, -0.2) is 0 Å². The van der Waals surface area contributed by atoms with Gasteiger partial charge in [0.15, 0.2) is 0 Å². The molecule has 1 aliphatic heterocycles. The fourth-order valence-electron chi connectivity index (χ4n) is 1.60. The standard InChI is InChI=1S/C8H17NO/c1-8(4-6-10)3-2-5-9-7-8/h9-10H,2-7H2,1H3. The molecule has 1 unspecified atom stereocenters. The Balaban J connectivity index is 2.32. The fourth-order valence-corrected chi connectivity index (χ4v) is 1.60. The average molecular weight is 143 g/mol. The Bertz CT molecular complexity index is 91.9. The van der Waals surface area contributed by atoms with Crippen LogP contribution in [0.3, 0.4) is 0 Å². The number of aliphatic hydroxyl groups excluding tert-OH is 1. The van der Waals surface area contributed by atoms with Crippen molar-refractivity contribution in [2.75, 3.05) is 19.7 Å². The van der Waals surface area contributed by atoms with E-state index in [-0.39, 0.29) is 0 Å². The molecule has 0 spiro atoms. The summed E-state index contributed by atoms with van der Waals surface area (Å²) in [5.41, 5.74) is 0.368. The second kappa shape index (κ2) is 3.35. The van der Waals surface area contributed by atoms with Gasteiger partial charge in [-0.1, -0.05) is 6.92 Å². The molecule has 0 bridgehead atoms. The first-order chi connectivity index (χ1) is 4.77. The van der Waals surface area contributed by atoms with Gasteiger partial charge in [-0.15, -0.1) is 0 Å². The second-order valence-corrected chi connectivity index (χ2v) is 3.56. The molecule has 0 aliphatic carbocycles. The van der Waals surface area contributed by atoms with Crippen molar-refractivity contribution in [3.05, 3.63) is 0 Å². The van der Waals surface area contributed by atoms with E-state index in [4.69, 9.17) is 5.11 Å². The zero-order valence-electron chi connectivity index (χ0n) is 6.69. The SMILES string of the molecule is CC1(CCO)CCCNC1. The van der Waals surface area contributed by atoms with E-state index in [1.165, 1.54) is 12.8 Å². The van der Waals surface area contributed by atoms with Gasteiger partial charge in [-0.05, 0) is 31.2 Å². The zero-order chi connectivity index (χ0) is 7.45. The first-order valence-corrected chi connectivity index (χ1v) is 4.08.